The molecule has 6 nitrogen and oxygen atoms in total. The van der Waals surface area contributed by atoms with E-state index in [4.69, 9.17) is 4.99 Å². The summed E-state index contributed by atoms with van der Waals surface area (Å²) in [4.78, 5) is 21.7. The Morgan fingerprint density at radius 2 is 1.81 bits per heavy atom. The molecule has 1 aromatic rings. The second-order valence-corrected chi connectivity index (χ2v) is 9.49. The predicted octanol–water partition coefficient (Wildman–Crippen LogP) is 3.64. The third-order valence-corrected chi connectivity index (χ3v) is 6.42. The lowest BCUT2D eigenvalue weighted by Gasteiger charge is -2.31. The fraction of sp³-hybridized carbons (Fsp3) is 0.680. The molecule has 0 aromatic heterocycles. The summed E-state index contributed by atoms with van der Waals surface area (Å²) >= 11 is 0. The van der Waals surface area contributed by atoms with E-state index in [1.807, 2.05) is 18.7 Å². The molecule has 1 unspecified atom stereocenters. The van der Waals surface area contributed by atoms with Gasteiger partial charge >= 0.3 is 0 Å². The van der Waals surface area contributed by atoms with Gasteiger partial charge in [-0.1, -0.05) is 43.7 Å². The van der Waals surface area contributed by atoms with E-state index in [0.29, 0.717) is 5.92 Å². The molecule has 180 valence electrons. The van der Waals surface area contributed by atoms with Crippen molar-refractivity contribution in [3.63, 3.8) is 0 Å². The molecule has 2 aliphatic rings. The SMILES string of the molecule is CCNC(=NCC1CCN(Cc2ccc(C)cc2)CC1)NC1CCN(C(=O)C(C)C)C1.I. The number of nitrogens with one attached hydrogen (secondary N) is 2. The highest BCUT2D eigenvalue weighted by atomic mass is 127. The van der Waals surface area contributed by atoms with Crippen molar-refractivity contribution in [3.8, 4) is 0 Å². The quantitative estimate of drug-likeness (QED) is 0.307. The maximum Gasteiger partial charge on any atom is 0.225 e. The van der Waals surface area contributed by atoms with Crippen LogP contribution in [-0.4, -0.2) is 67.0 Å². The van der Waals surface area contributed by atoms with Gasteiger partial charge in [-0.15, -0.1) is 24.0 Å². The number of amides is 1. The molecular weight excluding hydrogens is 513 g/mol. The Labute approximate surface area is 211 Å². The molecule has 2 saturated heterocycles. The van der Waals surface area contributed by atoms with Crippen molar-refractivity contribution < 1.29 is 4.79 Å². The third kappa shape index (κ3) is 8.21. The summed E-state index contributed by atoms with van der Waals surface area (Å²) < 4.78 is 0. The number of piperidine rings is 1. The van der Waals surface area contributed by atoms with Crippen LogP contribution in [-0.2, 0) is 11.3 Å². The number of halogens is 1. The standard InChI is InChI=1S/C25H41N5O.HI/c1-5-26-25(28-23-12-15-30(18-23)24(31)19(2)3)27-16-21-10-13-29(14-11-21)17-22-8-6-20(4)7-9-22;/h6-9,19,21,23H,5,10-18H2,1-4H3,(H2,26,27,28);1H. The highest BCUT2D eigenvalue weighted by Gasteiger charge is 2.28. The first-order valence-corrected chi connectivity index (χ1v) is 12.1. The van der Waals surface area contributed by atoms with Crippen molar-refractivity contribution in [1.82, 2.24) is 20.4 Å². The number of benzene rings is 1. The van der Waals surface area contributed by atoms with Crippen molar-refractivity contribution in [2.45, 2.75) is 59.5 Å². The number of guanidine groups is 1. The van der Waals surface area contributed by atoms with Gasteiger partial charge in [-0.25, -0.2) is 0 Å². The smallest absolute Gasteiger partial charge is 0.225 e. The van der Waals surface area contributed by atoms with Crippen LogP contribution in [0.5, 0.6) is 0 Å². The van der Waals surface area contributed by atoms with Crippen LogP contribution in [0, 0.1) is 18.8 Å². The van der Waals surface area contributed by atoms with Crippen LogP contribution in [0.2, 0.25) is 0 Å². The van der Waals surface area contributed by atoms with Gasteiger partial charge < -0.3 is 15.5 Å². The lowest BCUT2D eigenvalue weighted by molar-refractivity contribution is -0.133. The van der Waals surface area contributed by atoms with E-state index < -0.39 is 0 Å². The Kier molecular flexibility index (Phi) is 11.2. The van der Waals surface area contributed by atoms with Crippen molar-refractivity contribution in [2.24, 2.45) is 16.8 Å². The average Bonchev–Trinajstić information content (AvgIpc) is 3.22. The summed E-state index contributed by atoms with van der Waals surface area (Å²) in [6.07, 6.45) is 3.39. The molecule has 2 fully saturated rings. The molecule has 0 saturated carbocycles. The van der Waals surface area contributed by atoms with Gasteiger partial charge in [0.1, 0.15) is 0 Å². The molecule has 0 radical (unpaired) electrons. The molecule has 2 N–H and O–H groups in total. The number of hydrogen-bond acceptors (Lipinski definition) is 3. The monoisotopic (exact) mass is 555 g/mol. The fourth-order valence-electron chi connectivity index (χ4n) is 4.46. The highest BCUT2D eigenvalue weighted by Crippen LogP contribution is 2.20. The van der Waals surface area contributed by atoms with Crippen LogP contribution in [0.1, 0.15) is 51.2 Å². The molecule has 0 aliphatic carbocycles. The number of hydrogen-bond donors (Lipinski definition) is 2. The Bertz CT molecular complexity index is 728. The van der Waals surface area contributed by atoms with Gasteiger partial charge in [0.05, 0.1) is 0 Å². The number of aliphatic imine (C=N–C) groups is 1. The largest absolute Gasteiger partial charge is 0.357 e. The molecule has 2 aliphatic heterocycles. The van der Waals surface area contributed by atoms with Crippen LogP contribution in [0.4, 0.5) is 0 Å². The topological polar surface area (TPSA) is 60.0 Å². The summed E-state index contributed by atoms with van der Waals surface area (Å²) in [5.74, 6) is 1.86. The van der Waals surface area contributed by atoms with Crippen LogP contribution < -0.4 is 10.6 Å². The number of nitrogens with zero attached hydrogens (tertiary/aromatic N) is 3. The molecule has 7 heteroatoms. The van der Waals surface area contributed by atoms with E-state index in [1.54, 1.807) is 0 Å². The molecule has 2 heterocycles. The second-order valence-electron chi connectivity index (χ2n) is 9.49. The molecule has 3 rings (SSSR count). The number of aryl methyl sites for hydroxylation is 1. The number of rotatable bonds is 7. The van der Waals surface area contributed by atoms with Gasteiger partial charge in [0.15, 0.2) is 5.96 Å². The van der Waals surface area contributed by atoms with E-state index in [9.17, 15) is 4.79 Å². The Balaban J connectivity index is 0.00000363. The summed E-state index contributed by atoms with van der Waals surface area (Å²) in [5.41, 5.74) is 2.73. The van der Waals surface area contributed by atoms with Gasteiger partial charge in [-0.05, 0) is 57.7 Å². The fourth-order valence-corrected chi connectivity index (χ4v) is 4.46. The molecule has 1 aromatic carbocycles. The van der Waals surface area contributed by atoms with Gasteiger partial charge in [-0.3, -0.25) is 14.7 Å². The van der Waals surface area contributed by atoms with Crippen LogP contribution in [0.15, 0.2) is 29.3 Å². The maximum atomic E-state index is 12.2. The molecule has 32 heavy (non-hydrogen) atoms. The van der Waals surface area contributed by atoms with Crippen molar-refractivity contribution in [3.05, 3.63) is 35.4 Å². The molecule has 1 atom stereocenters. The normalized spacial score (nSPS) is 20.3. The first-order valence-electron chi connectivity index (χ1n) is 12.1. The predicted molar refractivity (Wildman–Crippen MR) is 144 cm³/mol. The Hall–Kier alpha value is -1.35. The minimum Gasteiger partial charge on any atom is -0.357 e. The second kappa shape index (κ2) is 13.4. The van der Waals surface area contributed by atoms with Crippen LogP contribution in [0.3, 0.4) is 0 Å². The van der Waals surface area contributed by atoms with Crippen LogP contribution >= 0.6 is 24.0 Å². The molecule has 0 bridgehead atoms. The van der Waals surface area contributed by atoms with Crippen molar-refractivity contribution >= 4 is 35.8 Å². The summed E-state index contributed by atoms with van der Waals surface area (Å²) in [6, 6.07) is 9.19. The molecule has 0 spiro atoms. The number of likely N-dealkylation sites (tertiary alicyclic amines) is 2. The third-order valence-electron chi connectivity index (χ3n) is 6.42. The minimum atomic E-state index is 0. The highest BCUT2D eigenvalue weighted by molar-refractivity contribution is 14.0. The minimum absolute atomic E-state index is 0. The lowest BCUT2D eigenvalue weighted by atomic mass is 9.96. The zero-order valence-electron chi connectivity index (χ0n) is 20.3. The number of carbonyl (C=O) groups excluding carboxylic acids is 1. The van der Waals surface area contributed by atoms with E-state index in [2.05, 4.69) is 53.6 Å². The van der Waals surface area contributed by atoms with Gasteiger partial charge in [0.2, 0.25) is 5.91 Å². The Morgan fingerprint density at radius 3 is 2.44 bits per heavy atom. The average molecular weight is 556 g/mol. The maximum absolute atomic E-state index is 12.2. The van der Waals surface area contributed by atoms with Crippen LogP contribution in [0.25, 0.3) is 0 Å². The zero-order valence-corrected chi connectivity index (χ0v) is 22.6. The number of carbonyl (C=O) groups is 1. The Morgan fingerprint density at radius 1 is 1.12 bits per heavy atom. The van der Waals surface area contributed by atoms with Crippen molar-refractivity contribution in [2.75, 3.05) is 39.3 Å². The van der Waals surface area contributed by atoms with E-state index >= 15 is 0 Å². The first-order chi connectivity index (χ1) is 14.9. The van der Waals surface area contributed by atoms with Crippen molar-refractivity contribution in [1.29, 1.82) is 0 Å². The van der Waals surface area contributed by atoms with E-state index in [1.165, 1.54) is 24.0 Å². The van der Waals surface area contributed by atoms with Gasteiger partial charge in [-0.2, -0.15) is 0 Å². The zero-order chi connectivity index (χ0) is 22.2. The summed E-state index contributed by atoms with van der Waals surface area (Å²) in [6.45, 7) is 14.9. The van der Waals surface area contributed by atoms with E-state index in [-0.39, 0.29) is 41.8 Å². The lowest BCUT2D eigenvalue weighted by Crippen LogP contribution is -2.45. The summed E-state index contributed by atoms with van der Waals surface area (Å²) in [7, 11) is 0. The molecule has 1 amide bonds. The summed E-state index contributed by atoms with van der Waals surface area (Å²) in [5, 5.41) is 6.95. The molecular formula is C25H42IN5O. The van der Waals surface area contributed by atoms with Gasteiger partial charge in [0.25, 0.3) is 0 Å². The van der Waals surface area contributed by atoms with Gasteiger partial charge in [0, 0.05) is 44.7 Å². The van der Waals surface area contributed by atoms with E-state index in [0.717, 1.165) is 58.2 Å². The first kappa shape index (κ1) is 26.9.